The fraction of sp³-hybridized carbons (Fsp3) is 0.889. The second kappa shape index (κ2) is 10.3. The summed E-state index contributed by atoms with van der Waals surface area (Å²) in [6.07, 6.45) is 13.6. The lowest BCUT2D eigenvalue weighted by Crippen LogP contribution is -2.53. The quantitative estimate of drug-likeness (QED) is 0.406. The molecule has 196 valence electrons. The second-order valence-corrected chi connectivity index (χ2v) is 13.5. The third kappa shape index (κ3) is 5.79. The van der Waals surface area contributed by atoms with E-state index in [0.29, 0.717) is 23.0 Å². The summed E-state index contributed by atoms with van der Waals surface area (Å²) in [4.78, 5) is 13.4. The van der Waals surface area contributed by atoms with Gasteiger partial charge in [-0.15, -0.1) is 0 Å². The molecule has 0 saturated heterocycles. The van der Waals surface area contributed by atoms with Gasteiger partial charge in [0.15, 0.2) is 5.78 Å². The number of rotatable bonds is 5. The van der Waals surface area contributed by atoms with E-state index in [1.54, 1.807) is 0 Å². The topological polar surface area (TPSA) is 112 Å². The highest BCUT2D eigenvalue weighted by Gasteiger charge is 2.61. The van der Waals surface area contributed by atoms with Crippen LogP contribution in [0.1, 0.15) is 98.8 Å². The molecule has 0 aliphatic heterocycles. The summed E-state index contributed by atoms with van der Waals surface area (Å²) in [6, 6.07) is 0. The Morgan fingerprint density at radius 1 is 1.00 bits per heavy atom. The van der Waals surface area contributed by atoms with Crippen molar-refractivity contribution in [1.29, 1.82) is 0 Å². The highest BCUT2D eigenvalue weighted by Crippen LogP contribution is 2.66. The van der Waals surface area contributed by atoms with E-state index in [2.05, 4.69) is 34.6 Å². The second-order valence-electron chi connectivity index (χ2n) is 12.6. The minimum atomic E-state index is -4.67. The van der Waals surface area contributed by atoms with Gasteiger partial charge in [0.25, 0.3) is 0 Å². The van der Waals surface area contributed by atoms with E-state index in [4.69, 9.17) is 17.5 Å². The lowest BCUT2D eigenvalue weighted by molar-refractivity contribution is -0.135. The summed E-state index contributed by atoms with van der Waals surface area (Å²) in [5, 5.41) is 10.2. The normalized spacial score (nSPS) is 40.4. The first-order valence-corrected chi connectivity index (χ1v) is 14.7. The average molecular weight is 499 g/mol. The number of carbonyl (C=O) groups is 1. The Labute approximate surface area is 206 Å². The van der Waals surface area contributed by atoms with Crippen LogP contribution in [0.2, 0.25) is 0 Å². The Balaban J connectivity index is 0.000000588. The van der Waals surface area contributed by atoms with Crippen LogP contribution in [0, 0.1) is 46.3 Å². The summed E-state index contributed by atoms with van der Waals surface area (Å²) in [6.45, 7) is 12.1. The third-order valence-corrected chi connectivity index (χ3v) is 10.1. The van der Waals surface area contributed by atoms with Gasteiger partial charge in [-0.1, -0.05) is 59.5 Å². The Hall–Kier alpha value is -0.760. The molecule has 0 unspecified atom stereocenters. The van der Waals surface area contributed by atoms with Crippen molar-refractivity contribution in [3.05, 3.63) is 11.6 Å². The Morgan fingerprint density at radius 3 is 2.26 bits per heavy atom. The molecule has 0 heterocycles. The Morgan fingerprint density at radius 2 is 1.65 bits per heavy atom. The van der Waals surface area contributed by atoms with Gasteiger partial charge in [0, 0.05) is 5.92 Å². The summed E-state index contributed by atoms with van der Waals surface area (Å²) in [5.74, 6) is 4.11. The zero-order valence-corrected chi connectivity index (χ0v) is 22.5. The number of aliphatic hydroxyl groups excluding tert-OH is 1. The number of aliphatic hydroxyl groups is 1. The van der Waals surface area contributed by atoms with Gasteiger partial charge in [-0.3, -0.25) is 13.9 Å². The van der Waals surface area contributed by atoms with Crippen molar-refractivity contribution in [3.63, 3.8) is 0 Å². The summed E-state index contributed by atoms with van der Waals surface area (Å²) < 4.78 is 31.6. The lowest BCUT2D eigenvalue weighted by atomic mass is 9.46. The summed E-state index contributed by atoms with van der Waals surface area (Å²) in [7, 11) is -4.67. The number of ketones is 1. The Kier molecular flexibility index (Phi) is 8.44. The van der Waals surface area contributed by atoms with Gasteiger partial charge in [0.05, 0.1) is 6.10 Å². The van der Waals surface area contributed by atoms with Crippen molar-refractivity contribution < 1.29 is 27.4 Å². The fourth-order valence-electron chi connectivity index (χ4n) is 8.41. The lowest BCUT2D eigenvalue weighted by Gasteiger charge is -2.57. The SMILES string of the molecule is CC(C)CCC[C@@H](C)[C@H]1CC[C@H]2[C@@H]3C(=O)C=C4C[C@@H](O)CC[C@]4(C)[C@H]3CC[C@]12C.O=S(=O)(O)O. The molecule has 3 N–H and O–H groups in total. The molecule has 0 radical (unpaired) electrons. The minimum absolute atomic E-state index is 0.153. The van der Waals surface area contributed by atoms with E-state index in [9.17, 15) is 9.90 Å². The molecular weight excluding hydrogens is 452 g/mol. The zero-order valence-electron chi connectivity index (χ0n) is 21.7. The van der Waals surface area contributed by atoms with Gasteiger partial charge < -0.3 is 5.11 Å². The van der Waals surface area contributed by atoms with Gasteiger partial charge in [-0.05, 0) is 91.4 Å². The maximum absolute atomic E-state index is 13.4. The molecule has 7 heteroatoms. The van der Waals surface area contributed by atoms with E-state index in [1.165, 1.54) is 50.5 Å². The van der Waals surface area contributed by atoms with Crippen molar-refractivity contribution in [1.82, 2.24) is 0 Å². The number of hydrogen-bond acceptors (Lipinski definition) is 4. The zero-order chi connectivity index (χ0) is 25.5. The molecule has 0 spiro atoms. The predicted octanol–water partition coefficient (Wildman–Crippen LogP) is 5.91. The molecule has 8 atom stereocenters. The first-order chi connectivity index (χ1) is 15.7. The third-order valence-electron chi connectivity index (χ3n) is 10.1. The van der Waals surface area contributed by atoms with Crippen molar-refractivity contribution in [2.45, 2.75) is 105 Å². The summed E-state index contributed by atoms with van der Waals surface area (Å²) in [5.41, 5.74) is 1.77. The maximum atomic E-state index is 13.4. The molecule has 4 rings (SSSR count). The first-order valence-electron chi connectivity index (χ1n) is 13.3. The minimum Gasteiger partial charge on any atom is -0.393 e. The van der Waals surface area contributed by atoms with Gasteiger partial charge in [0.2, 0.25) is 0 Å². The van der Waals surface area contributed by atoms with E-state index >= 15 is 0 Å². The van der Waals surface area contributed by atoms with Crippen LogP contribution in [0.25, 0.3) is 0 Å². The molecule has 0 aromatic rings. The number of allylic oxidation sites excluding steroid dienone is 1. The van der Waals surface area contributed by atoms with E-state index in [0.717, 1.165) is 37.0 Å². The van der Waals surface area contributed by atoms with Crippen molar-refractivity contribution in [3.8, 4) is 0 Å². The predicted molar refractivity (Wildman–Crippen MR) is 134 cm³/mol. The molecule has 0 amide bonds. The molecular formula is C27H46O6S. The smallest absolute Gasteiger partial charge is 0.393 e. The number of fused-ring (bicyclic) bond motifs is 5. The molecule has 3 fully saturated rings. The molecule has 4 aliphatic carbocycles. The van der Waals surface area contributed by atoms with Crippen LogP contribution in [0.5, 0.6) is 0 Å². The molecule has 0 aromatic heterocycles. The monoisotopic (exact) mass is 498 g/mol. The Bertz CT molecular complexity index is 872. The summed E-state index contributed by atoms with van der Waals surface area (Å²) >= 11 is 0. The number of hydrogen-bond donors (Lipinski definition) is 3. The molecule has 4 aliphatic rings. The van der Waals surface area contributed by atoms with Crippen LogP contribution in [-0.2, 0) is 15.2 Å². The van der Waals surface area contributed by atoms with Crippen LogP contribution in [0.15, 0.2) is 11.6 Å². The van der Waals surface area contributed by atoms with E-state index < -0.39 is 10.4 Å². The van der Waals surface area contributed by atoms with Crippen molar-refractivity contribution in [2.75, 3.05) is 0 Å². The fourth-order valence-corrected chi connectivity index (χ4v) is 8.41. The molecule has 34 heavy (non-hydrogen) atoms. The van der Waals surface area contributed by atoms with Gasteiger partial charge >= 0.3 is 10.4 Å². The molecule has 0 aromatic carbocycles. The van der Waals surface area contributed by atoms with Crippen molar-refractivity contribution >= 4 is 16.2 Å². The van der Waals surface area contributed by atoms with Crippen LogP contribution < -0.4 is 0 Å². The molecule has 3 saturated carbocycles. The van der Waals surface area contributed by atoms with E-state index in [-0.39, 0.29) is 17.4 Å². The number of carbonyl (C=O) groups excluding carboxylic acids is 1. The maximum Gasteiger partial charge on any atom is 0.394 e. The van der Waals surface area contributed by atoms with Gasteiger partial charge in [-0.2, -0.15) is 8.42 Å². The van der Waals surface area contributed by atoms with Crippen LogP contribution in [0.3, 0.4) is 0 Å². The highest BCUT2D eigenvalue weighted by molar-refractivity contribution is 7.79. The molecule has 0 bridgehead atoms. The van der Waals surface area contributed by atoms with Gasteiger partial charge in [0.1, 0.15) is 0 Å². The molecule has 6 nitrogen and oxygen atoms in total. The first kappa shape index (κ1) is 27.8. The standard InChI is InChI=1S/C27H44O2.H2O4S/c1-17(2)7-6-8-18(3)21-9-10-22-25-23(12-14-27(21,22)5)26(4)13-11-20(28)15-19(26)16-24(25)29;1-5(2,3)4/h16-18,20-23,25,28H,6-15H2,1-5H3;(H2,1,2,3,4)/t18-,20+,21-,22+,23+,25+,26+,27-;/m1./s1. The average Bonchev–Trinajstić information content (AvgIpc) is 3.05. The van der Waals surface area contributed by atoms with Crippen LogP contribution >= 0.6 is 0 Å². The van der Waals surface area contributed by atoms with Crippen LogP contribution in [-0.4, -0.2) is 34.5 Å². The highest BCUT2D eigenvalue weighted by atomic mass is 32.3. The van der Waals surface area contributed by atoms with Gasteiger partial charge in [-0.25, -0.2) is 0 Å². The van der Waals surface area contributed by atoms with Crippen molar-refractivity contribution in [2.24, 2.45) is 46.3 Å². The van der Waals surface area contributed by atoms with Crippen LogP contribution in [0.4, 0.5) is 0 Å². The van der Waals surface area contributed by atoms with E-state index in [1.807, 2.05) is 6.08 Å². The largest absolute Gasteiger partial charge is 0.394 e.